The lowest BCUT2D eigenvalue weighted by Crippen LogP contribution is -2.37. The van der Waals surface area contributed by atoms with Crippen LogP contribution in [0.25, 0.3) is 0 Å². The number of nitrogens with zero attached hydrogens (tertiary/aromatic N) is 1. The summed E-state index contributed by atoms with van der Waals surface area (Å²) < 4.78 is 4.99. The van der Waals surface area contributed by atoms with Crippen LogP contribution in [0.3, 0.4) is 0 Å². The average molecular weight is 276 g/mol. The summed E-state index contributed by atoms with van der Waals surface area (Å²) >= 11 is 0. The Morgan fingerprint density at radius 3 is 2.90 bits per heavy atom. The van der Waals surface area contributed by atoms with Crippen LogP contribution in [-0.2, 0) is 9.53 Å². The number of amides is 1. The van der Waals surface area contributed by atoms with Crippen LogP contribution in [0.5, 0.6) is 5.88 Å². The number of aliphatic hydroxyl groups excluding tert-OH is 1. The normalized spacial score (nSPS) is 27.6. The van der Waals surface area contributed by atoms with Gasteiger partial charge < -0.3 is 20.3 Å². The van der Waals surface area contributed by atoms with Gasteiger partial charge in [-0.2, -0.15) is 0 Å². The molecule has 104 valence electrons. The van der Waals surface area contributed by atoms with E-state index >= 15 is 0 Å². The van der Waals surface area contributed by atoms with Crippen LogP contribution in [-0.4, -0.2) is 45.2 Å². The molecule has 1 aromatic rings. The Morgan fingerprint density at radius 2 is 2.20 bits per heavy atom. The van der Waals surface area contributed by atoms with Crippen molar-refractivity contribution in [2.75, 3.05) is 0 Å². The highest BCUT2D eigenvalue weighted by molar-refractivity contribution is 6.01. The predicted molar refractivity (Wildman–Crippen MR) is 65.9 cm³/mol. The molecule has 7 heteroatoms. The number of rotatable bonds is 2. The molecule has 2 heterocycles. The van der Waals surface area contributed by atoms with Crippen molar-refractivity contribution in [1.29, 1.82) is 0 Å². The van der Waals surface area contributed by atoms with Gasteiger partial charge in [0.2, 0.25) is 5.88 Å². The van der Waals surface area contributed by atoms with Gasteiger partial charge >= 0.3 is 0 Å². The van der Waals surface area contributed by atoms with Crippen LogP contribution in [0.4, 0.5) is 0 Å². The number of carbonyl (C=O) groups excluding carboxylic acids is 2. The number of aromatic nitrogens is 1. The van der Waals surface area contributed by atoms with Crippen molar-refractivity contribution in [3.63, 3.8) is 0 Å². The van der Waals surface area contributed by atoms with E-state index in [9.17, 15) is 19.8 Å². The highest BCUT2D eigenvalue weighted by Gasteiger charge is 2.53. The minimum absolute atomic E-state index is 0.0324. The molecule has 1 aliphatic carbocycles. The summed E-state index contributed by atoms with van der Waals surface area (Å²) in [5.41, 5.74) is 0.606. The second-order valence-electron chi connectivity index (χ2n) is 4.75. The van der Waals surface area contributed by atoms with E-state index in [0.29, 0.717) is 5.69 Å². The SMILES string of the molecule is Cc1ccc(C(=O)NC2=CC(=O)C3OC3C2O)c(O)n1. The molecule has 0 aromatic carbocycles. The Kier molecular flexibility index (Phi) is 2.81. The van der Waals surface area contributed by atoms with E-state index in [1.54, 1.807) is 13.0 Å². The highest BCUT2D eigenvalue weighted by Crippen LogP contribution is 2.33. The molecule has 3 unspecified atom stereocenters. The molecule has 0 bridgehead atoms. The Morgan fingerprint density at radius 1 is 1.45 bits per heavy atom. The number of carbonyl (C=O) groups is 2. The van der Waals surface area contributed by atoms with Crippen molar-refractivity contribution in [1.82, 2.24) is 10.3 Å². The third-order valence-corrected chi connectivity index (χ3v) is 3.25. The average Bonchev–Trinajstić information content (AvgIpc) is 3.16. The highest BCUT2D eigenvalue weighted by atomic mass is 16.6. The molecule has 3 atom stereocenters. The van der Waals surface area contributed by atoms with Gasteiger partial charge in [-0.25, -0.2) is 4.98 Å². The maximum Gasteiger partial charge on any atom is 0.260 e. The summed E-state index contributed by atoms with van der Waals surface area (Å²) in [5, 5.41) is 21.9. The number of hydrogen-bond donors (Lipinski definition) is 3. The van der Waals surface area contributed by atoms with Crippen LogP contribution in [0, 0.1) is 6.92 Å². The lowest BCUT2D eigenvalue weighted by atomic mass is 10.0. The van der Waals surface area contributed by atoms with Crippen molar-refractivity contribution in [2.24, 2.45) is 0 Å². The third kappa shape index (κ3) is 2.06. The first kappa shape index (κ1) is 12.8. The molecule has 2 aliphatic rings. The van der Waals surface area contributed by atoms with E-state index in [-0.39, 0.29) is 17.0 Å². The van der Waals surface area contributed by atoms with E-state index < -0.39 is 30.1 Å². The second-order valence-corrected chi connectivity index (χ2v) is 4.75. The van der Waals surface area contributed by atoms with Gasteiger partial charge in [-0.15, -0.1) is 0 Å². The number of hydrogen-bond acceptors (Lipinski definition) is 6. The molecule has 0 radical (unpaired) electrons. The van der Waals surface area contributed by atoms with Gasteiger partial charge in [0.1, 0.15) is 23.9 Å². The third-order valence-electron chi connectivity index (χ3n) is 3.25. The number of nitrogens with one attached hydrogen (secondary N) is 1. The number of aryl methyl sites for hydroxylation is 1. The van der Waals surface area contributed by atoms with Crippen molar-refractivity contribution in [3.05, 3.63) is 35.2 Å². The van der Waals surface area contributed by atoms with Crippen molar-refractivity contribution < 1.29 is 24.5 Å². The van der Waals surface area contributed by atoms with Crippen molar-refractivity contribution in [2.45, 2.75) is 25.2 Å². The summed E-state index contributed by atoms with van der Waals surface area (Å²) in [7, 11) is 0. The molecule has 0 saturated carbocycles. The first-order valence-corrected chi connectivity index (χ1v) is 6.04. The van der Waals surface area contributed by atoms with Gasteiger partial charge in [0.05, 0.1) is 5.70 Å². The first-order chi connectivity index (χ1) is 9.47. The van der Waals surface area contributed by atoms with Gasteiger partial charge in [0.25, 0.3) is 5.91 Å². The predicted octanol–water partition coefficient (Wildman–Crippen LogP) is -0.580. The summed E-state index contributed by atoms with van der Waals surface area (Å²) in [5.74, 6) is -1.34. The topological polar surface area (TPSA) is 112 Å². The first-order valence-electron chi connectivity index (χ1n) is 6.04. The summed E-state index contributed by atoms with van der Waals surface area (Å²) in [4.78, 5) is 27.3. The quantitative estimate of drug-likeness (QED) is 0.623. The van der Waals surface area contributed by atoms with Crippen LogP contribution < -0.4 is 5.32 Å². The summed E-state index contributed by atoms with van der Waals surface area (Å²) in [6.45, 7) is 1.68. The molecule has 1 amide bonds. The molecule has 3 rings (SSSR count). The summed E-state index contributed by atoms with van der Waals surface area (Å²) in [6, 6.07) is 2.99. The van der Waals surface area contributed by atoms with Crippen molar-refractivity contribution >= 4 is 11.7 Å². The van der Waals surface area contributed by atoms with Crippen LogP contribution >= 0.6 is 0 Å². The zero-order valence-electron chi connectivity index (χ0n) is 10.5. The smallest absolute Gasteiger partial charge is 0.260 e. The Bertz CT molecular complexity index is 640. The van der Waals surface area contributed by atoms with E-state index in [0.717, 1.165) is 6.08 Å². The van der Waals surface area contributed by atoms with Gasteiger partial charge in [0.15, 0.2) is 5.78 Å². The van der Waals surface area contributed by atoms with Gasteiger partial charge in [0, 0.05) is 11.8 Å². The zero-order valence-corrected chi connectivity index (χ0v) is 10.5. The maximum atomic E-state index is 12.0. The molecule has 0 spiro atoms. The molecular formula is C13H12N2O5. The molecule has 20 heavy (non-hydrogen) atoms. The van der Waals surface area contributed by atoms with Crippen molar-refractivity contribution in [3.8, 4) is 5.88 Å². The molecular weight excluding hydrogens is 264 g/mol. The van der Waals surface area contributed by atoms with E-state index in [2.05, 4.69) is 10.3 Å². The number of aliphatic hydroxyl groups is 1. The van der Waals surface area contributed by atoms with Crippen LogP contribution in [0.1, 0.15) is 16.1 Å². The van der Waals surface area contributed by atoms with Gasteiger partial charge in [-0.05, 0) is 19.1 Å². The fourth-order valence-corrected chi connectivity index (χ4v) is 2.12. The van der Waals surface area contributed by atoms with E-state index in [4.69, 9.17) is 4.74 Å². The molecule has 3 N–H and O–H groups in total. The zero-order chi connectivity index (χ0) is 14.4. The fourth-order valence-electron chi connectivity index (χ4n) is 2.12. The second kappa shape index (κ2) is 4.39. The Balaban J connectivity index is 1.80. The number of pyridine rings is 1. The Hall–Kier alpha value is -2.25. The van der Waals surface area contributed by atoms with Gasteiger partial charge in [-0.1, -0.05) is 0 Å². The molecule has 1 fully saturated rings. The number of epoxide rings is 1. The minimum atomic E-state index is -1.05. The largest absolute Gasteiger partial charge is 0.493 e. The van der Waals surface area contributed by atoms with Crippen LogP contribution in [0.2, 0.25) is 0 Å². The number of fused-ring (bicyclic) bond motifs is 1. The van der Waals surface area contributed by atoms with Crippen LogP contribution in [0.15, 0.2) is 23.9 Å². The molecule has 1 saturated heterocycles. The lowest BCUT2D eigenvalue weighted by molar-refractivity contribution is -0.116. The van der Waals surface area contributed by atoms with E-state index in [1.807, 2.05) is 0 Å². The maximum absolute atomic E-state index is 12.0. The molecule has 1 aromatic heterocycles. The number of ketones is 1. The molecule has 7 nitrogen and oxygen atoms in total. The Labute approximate surface area is 113 Å². The summed E-state index contributed by atoms with van der Waals surface area (Å²) in [6.07, 6.45) is -1.09. The molecule has 1 aliphatic heterocycles. The standard InChI is InChI=1S/C13H12N2O5/c1-5-2-3-6(12(18)14-5)13(19)15-7-4-8(16)10-11(20-10)9(7)17/h2-4,9-11,17H,1H3,(H,14,18)(H,15,19). The minimum Gasteiger partial charge on any atom is -0.493 e. The lowest BCUT2D eigenvalue weighted by Gasteiger charge is -2.17. The number of aromatic hydroxyl groups is 1. The number of ether oxygens (including phenoxy) is 1. The monoisotopic (exact) mass is 276 g/mol. The van der Waals surface area contributed by atoms with Gasteiger partial charge in [-0.3, -0.25) is 9.59 Å². The van der Waals surface area contributed by atoms with E-state index in [1.165, 1.54) is 6.07 Å². The fraction of sp³-hybridized carbons (Fsp3) is 0.308.